The summed E-state index contributed by atoms with van der Waals surface area (Å²) >= 11 is 3.44. The molecule has 0 atom stereocenters. The first-order chi connectivity index (χ1) is 10.1. The normalized spacial score (nSPS) is 18.2. The second-order valence-corrected chi connectivity index (χ2v) is 5.81. The molecule has 114 valence electrons. The van der Waals surface area contributed by atoms with Gasteiger partial charge in [-0.2, -0.15) is 0 Å². The van der Waals surface area contributed by atoms with Gasteiger partial charge in [-0.3, -0.25) is 4.79 Å². The molecule has 4 N–H and O–H groups in total. The minimum Gasteiger partial charge on any atom is -0.409 e. The fourth-order valence-electron chi connectivity index (χ4n) is 2.40. The Kier molecular flexibility index (Phi) is 5.19. The highest BCUT2D eigenvalue weighted by Gasteiger charge is 2.44. The maximum Gasteiger partial charge on any atom is 0.234 e. The highest BCUT2D eigenvalue weighted by atomic mass is 79.9. The van der Waals surface area contributed by atoms with Gasteiger partial charge in [0.2, 0.25) is 5.91 Å². The zero-order valence-electron chi connectivity index (χ0n) is 11.5. The van der Waals surface area contributed by atoms with Crippen LogP contribution in [-0.4, -0.2) is 30.2 Å². The Labute approximate surface area is 131 Å². The first kappa shape index (κ1) is 15.8. The summed E-state index contributed by atoms with van der Waals surface area (Å²) < 4.78 is 6.20. The fourth-order valence-corrected chi connectivity index (χ4v) is 2.83. The van der Waals surface area contributed by atoms with E-state index in [4.69, 9.17) is 15.7 Å². The number of carbonyl (C=O) groups excluding carboxylic acids is 1. The van der Waals surface area contributed by atoms with Gasteiger partial charge in [0, 0.05) is 24.2 Å². The lowest BCUT2D eigenvalue weighted by Crippen LogP contribution is -2.52. The van der Waals surface area contributed by atoms with Crippen molar-refractivity contribution in [2.45, 2.75) is 19.4 Å². The van der Waals surface area contributed by atoms with Crippen LogP contribution in [-0.2, 0) is 16.1 Å². The summed E-state index contributed by atoms with van der Waals surface area (Å²) in [6, 6.07) is 7.64. The Morgan fingerprint density at radius 3 is 2.71 bits per heavy atom. The summed E-state index contributed by atoms with van der Waals surface area (Å²) in [5.74, 6) is -0.299. The molecule has 0 bridgehead atoms. The number of oxime groups is 1. The summed E-state index contributed by atoms with van der Waals surface area (Å²) in [6.45, 7) is 1.21. The zero-order valence-corrected chi connectivity index (χ0v) is 13.1. The second kappa shape index (κ2) is 6.91. The molecule has 1 heterocycles. The molecule has 1 aliphatic rings. The van der Waals surface area contributed by atoms with Gasteiger partial charge in [0.15, 0.2) is 5.84 Å². The van der Waals surface area contributed by atoms with Crippen molar-refractivity contribution in [1.82, 2.24) is 5.32 Å². The lowest BCUT2D eigenvalue weighted by atomic mass is 9.78. The lowest BCUT2D eigenvalue weighted by molar-refractivity contribution is -0.131. The maximum atomic E-state index is 12.6. The van der Waals surface area contributed by atoms with Crippen molar-refractivity contribution in [2.24, 2.45) is 16.3 Å². The standard InChI is InChI=1S/C14H18BrN3O3/c15-11-4-2-1-3-10(11)9-17-13(19)14(12(16)18-20)5-7-21-8-6-14/h1-4,20H,5-9H2,(H2,16,18)(H,17,19). The summed E-state index contributed by atoms with van der Waals surface area (Å²) in [6.07, 6.45) is 0.815. The Morgan fingerprint density at radius 1 is 1.43 bits per heavy atom. The molecule has 21 heavy (non-hydrogen) atoms. The number of benzene rings is 1. The van der Waals surface area contributed by atoms with Gasteiger partial charge in [-0.1, -0.05) is 39.3 Å². The Balaban J connectivity index is 2.11. The molecule has 0 aromatic heterocycles. The van der Waals surface area contributed by atoms with Crippen LogP contribution in [0.3, 0.4) is 0 Å². The number of halogens is 1. The van der Waals surface area contributed by atoms with Gasteiger partial charge in [0.05, 0.1) is 0 Å². The Hall–Kier alpha value is -1.60. The molecule has 0 unspecified atom stereocenters. The number of hydrogen-bond acceptors (Lipinski definition) is 4. The lowest BCUT2D eigenvalue weighted by Gasteiger charge is -2.34. The molecule has 1 aliphatic heterocycles. The second-order valence-electron chi connectivity index (χ2n) is 4.95. The number of nitrogens with one attached hydrogen (secondary N) is 1. The number of ether oxygens (including phenoxy) is 1. The van der Waals surface area contributed by atoms with Crippen LogP contribution in [0.25, 0.3) is 0 Å². The third kappa shape index (κ3) is 3.36. The van der Waals surface area contributed by atoms with Crippen molar-refractivity contribution in [1.29, 1.82) is 0 Å². The molecular formula is C14H18BrN3O3. The third-order valence-electron chi connectivity index (χ3n) is 3.78. The quantitative estimate of drug-likeness (QED) is 0.330. The van der Waals surface area contributed by atoms with Crippen LogP contribution in [0.1, 0.15) is 18.4 Å². The number of amides is 1. The number of nitrogens with two attached hydrogens (primary N) is 1. The first-order valence-electron chi connectivity index (χ1n) is 6.67. The van der Waals surface area contributed by atoms with Gasteiger partial charge in [-0.05, 0) is 24.5 Å². The maximum absolute atomic E-state index is 12.6. The van der Waals surface area contributed by atoms with Crippen LogP contribution in [0.2, 0.25) is 0 Å². The average molecular weight is 356 g/mol. The van der Waals surface area contributed by atoms with Crippen molar-refractivity contribution in [2.75, 3.05) is 13.2 Å². The van der Waals surface area contributed by atoms with E-state index < -0.39 is 5.41 Å². The smallest absolute Gasteiger partial charge is 0.234 e. The van der Waals surface area contributed by atoms with E-state index in [2.05, 4.69) is 26.4 Å². The van der Waals surface area contributed by atoms with E-state index in [9.17, 15) is 4.79 Å². The Morgan fingerprint density at radius 2 is 2.10 bits per heavy atom. The van der Waals surface area contributed by atoms with Gasteiger partial charge >= 0.3 is 0 Å². The molecule has 0 saturated carbocycles. The highest BCUT2D eigenvalue weighted by molar-refractivity contribution is 9.10. The SMILES string of the molecule is NC(=NO)C1(C(=O)NCc2ccccc2Br)CCOCC1. The average Bonchev–Trinajstić information content (AvgIpc) is 2.53. The highest BCUT2D eigenvalue weighted by Crippen LogP contribution is 2.31. The molecule has 0 radical (unpaired) electrons. The number of carbonyl (C=O) groups is 1. The van der Waals surface area contributed by atoms with Crippen LogP contribution in [0.4, 0.5) is 0 Å². The van der Waals surface area contributed by atoms with Gasteiger partial charge in [-0.25, -0.2) is 0 Å². The molecule has 2 rings (SSSR count). The predicted octanol–water partition coefficient (Wildman–Crippen LogP) is 1.61. The summed E-state index contributed by atoms with van der Waals surface area (Å²) in [7, 11) is 0. The number of nitrogens with zero attached hydrogens (tertiary/aromatic N) is 1. The van der Waals surface area contributed by atoms with Gasteiger partial charge in [-0.15, -0.1) is 0 Å². The van der Waals surface area contributed by atoms with Crippen LogP contribution >= 0.6 is 15.9 Å². The minimum absolute atomic E-state index is 0.0598. The van der Waals surface area contributed by atoms with Crippen molar-refractivity contribution in [3.63, 3.8) is 0 Å². The van der Waals surface area contributed by atoms with Gasteiger partial charge < -0.3 is 21.0 Å². The molecule has 1 saturated heterocycles. The van der Waals surface area contributed by atoms with Crippen LogP contribution < -0.4 is 11.1 Å². The van der Waals surface area contributed by atoms with E-state index in [0.717, 1.165) is 10.0 Å². The molecular weight excluding hydrogens is 338 g/mol. The molecule has 1 aromatic carbocycles. The first-order valence-corrected chi connectivity index (χ1v) is 7.47. The van der Waals surface area contributed by atoms with Crippen LogP contribution in [0.5, 0.6) is 0 Å². The van der Waals surface area contributed by atoms with E-state index in [-0.39, 0.29) is 11.7 Å². The van der Waals surface area contributed by atoms with Crippen LogP contribution in [0, 0.1) is 5.41 Å². The van der Waals surface area contributed by atoms with Gasteiger partial charge in [0.1, 0.15) is 5.41 Å². The monoisotopic (exact) mass is 355 g/mol. The van der Waals surface area contributed by atoms with Crippen molar-refractivity contribution >= 4 is 27.7 Å². The van der Waals surface area contributed by atoms with Gasteiger partial charge in [0.25, 0.3) is 0 Å². The molecule has 1 aromatic rings. The molecule has 7 heteroatoms. The summed E-state index contributed by atoms with van der Waals surface area (Å²) in [5.41, 5.74) is 5.73. The van der Waals surface area contributed by atoms with E-state index in [1.807, 2.05) is 24.3 Å². The van der Waals surface area contributed by atoms with Crippen LogP contribution in [0.15, 0.2) is 33.9 Å². The Bertz CT molecular complexity index is 542. The largest absolute Gasteiger partial charge is 0.409 e. The number of hydrogen-bond donors (Lipinski definition) is 3. The fraction of sp³-hybridized carbons (Fsp3) is 0.429. The number of rotatable bonds is 4. The van der Waals surface area contributed by atoms with Crippen molar-refractivity contribution < 1.29 is 14.7 Å². The van der Waals surface area contributed by atoms with E-state index in [0.29, 0.717) is 32.6 Å². The molecule has 1 fully saturated rings. The van der Waals surface area contributed by atoms with Crippen molar-refractivity contribution in [3.8, 4) is 0 Å². The molecule has 0 spiro atoms. The molecule has 0 aliphatic carbocycles. The predicted molar refractivity (Wildman–Crippen MR) is 81.9 cm³/mol. The van der Waals surface area contributed by atoms with E-state index in [1.54, 1.807) is 0 Å². The third-order valence-corrected chi connectivity index (χ3v) is 4.55. The summed E-state index contributed by atoms with van der Waals surface area (Å²) in [4.78, 5) is 12.6. The topological polar surface area (TPSA) is 96.9 Å². The summed E-state index contributed by atoms with van der Waals surface area (Å²) in [5, 5.41) is 14.9. The van der Waals surface area contributed by atoms with E-state index >= 15 is 0 Å². The van der Waals surface area contributed by atoms with E-state index in [1.165, 1.54) is 0 Å². The molecule has 1 amide bonds. The number of amidine groups is 1. The minimum atomic E-state index is -0.992. The zero-order chi connectivity index (χ0) is 15.3. The molecule has 6 nitrogen and oxygen atoms in total. The van der Waals surface area contributed by atoms with Crippen molar-refractivity contribution in [3.05, 3.63) is 34.3 Å².